The Morgan fingerprint density at radius 1 is 1.17 bits per heavy atom. The number of hydrogen-bond donors (Lipinski definition) is 1. The third-order valence-electron chi connectivity index (χ3n) is 1.72. The van der Waals surface area contributed by atoms with Gasteiger partial charge in [0.15, 0.2) is 11.5 Å². The molecule has 0 saturated carbocycles. The molecule has 0 aromatic rings. The highest BCUT2D eigenvalue weighted by molar-refractivity contribution is 6.19. The van der Waals surface area contributed by atoms with Crippen LogP contribution in [0.15, 0.2) is 23.5 Å². The van der Waals surface area contributed by atoms with E-state index in [1.54, 1.807) is 13.8 Å². The van der Waals surface area contributed by atoms with Gasteiger partial charge < -0.3 is 5.11 Å². The van der Waals surface area contributed by atoms with E-state index in [1.165, 1.54) is 6.08 Å². The van der Waals surface area contributed by atoms with Crippen molar-refractivity contribution in [1.82, 2.24) is 0 Å². The Balaban J connectivity index is 3.15. The molecule has 0 aliphatic heterocycles. The highest BCUT2D eigenvalue weighted by Gasteiger charge is 2.23. The van der Waals surface area contributed by atoms with E-state index < -0.39 is 11.5 Å². The number of aliphatic hydroxyl groups is 1. The maximum absolute atomic E-state index is 11.1. The molecule has 3 heteroatoms. The van der Waals surface area contributed by atoms with Crippen LogP contribution < -0.4 is 0 Å². The van der Waals surface area contributed by atoms with Gasteiger partial charge in [0.2, 0.25) is 5.78 Å². The molecule has 64 valence electrons. The van der Waals surface area contributed by atoms with Crippen molar-refractivity contribution in [3.05, 3.63) is 23.5 Å². The molecular weight excluding hydrogens is 156 g/mol. The minimum absolute atomic E-state index is 0.119. The van der Waals surface area contributed by atoms with Gasteiger partial charge in [0.1, 0.15) is 0 Å². The van der Waals surface area contributed by atoms with Crippen molar-refractivity contribution in [3.63, 3.8) is 0 Å². The molecule has 0 atom stereocenters. The van der Waals surface area contributed by atoms with E-state index >= 15 is 0 Å². The summed E-state index contributed by atoms with van der Waals surface area (Å²) in [6, 6.07) is 0. The highest BCUT2D eigenvalue weighted by Crippen LogP contribution is 2.19. The average molecular weight is 166 g/mol. The fraction of sp³-hybridized carbons (Fsp3) is 0.333. The Kier molecular flexibility index (Phi) is 2.13. The standard InChI is InChI=1S/C9H10O3/c1-5(2)8-6(10)3-4-7(11)9(8)12/h3-5,12H,1-2H3. The van der Waals surface area contributed by atoms with Crippen molar-refractivity contribution in [1.29, 1.82) is 0 Å². The topological polar surface area (TPSA) is 54.4 Å². The molecule has 0 spiro atoms. The minimum Gasteiger partial charge on any atom is -0.504 e. The number of carbonyl (C=O) groups excluding carboxylic acids is 2. The van der Waals surface area contributed by atoms with E-state index in [4.69, 9.17) is 0 Å². The van der Waals surface area contributed by atoms with Crippen LogP contribution in [0, 0.1) is 5.92 Å². The van der Waals surface area contributed by atoms with E-state index in [9.17, 15) is 14.7 Å². The third kappa shape index (κ3) is 1.30. The minimum atomic E-state index is -0.488. The highest BCUT2D eigenvalue weighted by atomic mass is 16.3. The molecule has 0 aromatic carbocycles. The number of allylic oxidation sites excluding steroid dienone is 3. The Bertz CT molecular complexity index is 295. The second-order valence-electron chi connectivity index (χ2n) is 2.98. The van der Waals surface area contributed by atoms with Crippen molar-refractivity contribution < 1.29 is 14.7 Å². The van der Waals surface area contributed by atoms with Crippen LogP contribution in [0.25, 0.3) is 0 Å². The van der Waals surface area contributed by atoms with E-state index in [-0.39, 0.29) is 17.3 Å². The van der Waals surface area contributed by atoms with Gasteiger partial charge in [-0.2, -0.15) is 0 Å². The summed E-state index contributed by atoms with van der Waals surface area (Å²) in [5.41, 5.74) is 0.211. The summed E-state index contributed by atoms with van der Waals surface area (Å²) in [4.78, 5) is 22.0. The summed E-state index contributed by atoms with van der Waals surface area (Å²) in [6.45, 7) is 3.52. The third-order valence-corrected chi connectivity index (χ3v) is 1.72. The lowest BCUT2D eigenvalue weighted by molar-refractivity contribution is -0.117. The molecule has 1 aliphatic carbocycles. The average Bonchev–Trinajstić information content (AvgIpc) is 1.97. The maximum Gasteiger partial charge on any atom is 0.220 e. The summed E-state index contributed by atoms with van der Waals surface area (Å²) < 4.78 is 0. The Morgan fingerprint density at radius 2 is 1.67 bits per heavy atom. The fourth-order valence-electron chi connectivity index (χ4n) is 1.13. The molecule has 0 amide bonds. The zero-order chi connectivity index (χ0) is 9.30. The predicted octanol–water partition coefficient (Wildman–Crippen LogP) is 1.16. The van der Waals surface area contributed by atoms with Crippen LogP contribution in [0.2, 0.25) is 0 Å². The lowest BCUT2D eigenvalue weighted by atomic mass is 9.92. The molecule has 1 rings (SSSR count). The van der Waals surface area contributed by atoms with Crippen molar-refractivity contribution in [2.75, 3.05) is 0 Å². The largest absolute Gasteiger partial charge is 0.504 e. The van der Waals surface area contributed by atoms with Gasteiger partial charge in [-0.25, -0.2) is 0 Å². The Morgan fingerprint density at radius 3 is 2.08 bits per heavy atom. The monoisotopic (exact) mass is 166 g/mol. The van der Waals surface area contributed by atoms with Gasteiger partial charge in [-0.3, -0.25) is 9.59 Å². The number of carbonyl (C=O) groups is 2. The van der Waals surface area contributed by atoms with Gasteiger partial charge >= 0.3 is 0 Å². The Hall–Kier alpha value is -1.38. The molecule has 0 saturated heterocycles. The van der Waals surface area contributed by atoms with Crippen LogP contribution in [0.5, 0.6) is 0 Å². The number of ketones is 2. The first-order valence-corrected chi connectivity index (χ1v) is 3.74. The van der Waals surface area contributed by atoms with E-state index in [0.717, 1.165) is 6.08 Å². The molecule has 0 heterocycles. The number of rotatable bonds is 1. The lowest BCUT2D eigenvalue weighted by Crippen LogP contribution is -2.17. The summed E-state index contributed by atoms with van der Waals surface area (Å²) >= 11 is 0. The number of hydrogen-bond acceptors (Lipinski definition) is 3. The lowest BCUT2D eigenvalue weighted by Gasteiger charge is -2.12. The van der Waals surface area contributed by atoms with Crippen molar-refractivity contribution in [3.8, 4) is 0 Å². The maximum atomic E-state index is 11.1. The molecule has 0 fully saturated rings. The first kappa shape index (κ1) is 8.71. The molecule has 1 aliphatic rings. The number of aliphatic hydroxyl groups excluding tert-OH is 1. The molecule has 0 unspecified atom stereocenters. The van der Waals surface area contributed by atoms with E-state index in [1.807, 2.05) is 0 Å². The molecule has 1 N–H and O–H groups in total. The van der Waals surface area contributed by atoms with Gasteiger partial charge in [0.25, 0.3) is 0 Å². The first-order chi connectivity index (χ1) is 5.54. The molecular formula is C9H10O3. The quantitative estimate of drug-likeness (QED) is 0.595. The summed E-state index contributed by atoms with van der Waals surface area (Å²) in [6.07, 6.45) is 2.28. The molecule has 0 radical (unpaired) electrons. The normalized spacial score (nSPS) is 17.9. The molecule has 0 bridgehead atoms. The molecule has 0 aromatic heterocycles. The van der Waals surface area contributed by atoms with Gasteiger partial charge in [0.05, 0.1) is 0 Å². The second-order valence-corrected chi connectivity index (χ2v) is 2.98. The molecule has 12 heavy (non-hydrogen) atoms. The SMILES string of the molecule is CC(C)C1=C(O)C(=O)C=CC1=O. The molecule has 3 nitrogen and oxygen atoms in total. The van der Waals surface area contributed by atoms with Gasteiger partial charge in [0, 0.05) is 5.57 Å². The van der Waals surface area contributed by atoms with Gasteiger partial charge in [-0.05, 0) is 18.1 Å². The summed E-state index contributed by atoms with van der Waals surface area (Å²) in [5.74, 6) is -1.29. The zero-order valence-electron chi connectivity index (χ0n) is 7.00. The second kappa shape index (κ2) is 2.93. The van der Waals surface area contributed by atoms with Crippen LogP contribution in [0.3, 0.4) is 0 Å². The van der Waals surface area contributed by atoms with Gasteiger partial charge in [-0.1, -0.05) is 13.8 Å². The zero-order valence-corrected chi connectivity index (χ0v) is 7.00. The fourth-order valence-corrected chi connectivity index (χ4v) is 1.13. The van der Waals surface area contributed by atoms with Crippen LogP contribution in [-0.4, -0.2) is 16.7 Å². The summed E-state index contributed by atoms with van der Waals surface area (Å²) in [7, 11) is 0. The van der Waals surface area contributed by atoms with Crippen LogP contribution in [0.1, 0.15) is 13.8 Å². The Labute approximate surface area is 70.4 Å². The smallest absolute Gasteiger partial charge is 0.220 e. The van der Waals surface area contributed by atoms with Crippen LogP contribution in [0.4, 0.5) is 0 Å². The van der Waals surface area contributed by atoms with E-state index in [2.05, 4.69) is 0 Å². The van der Waals surface area contributed by atoms with Crippen molar-refractivity contribution >= 4 is 11.6 Å². The first-order valence-electron chi connectivity index (χ1n) is 3.74. The van der Waals surface area contributed by atoms with Crippen molar-refractivity contribution in [2.45, 2.75) is 13.8 Å². The predicted molar refractivity (Wildman–Crippen MR) is 43.6 cm³/mol. The van der Waals surface area contributed by atoms with Crippen LogP contribution >= 0.6 is 0 Å². The van der Waals surface area contributed by atoms with Crippen molar-refractivity contribution in [2.24, 2.45) is 5.92 Å². The summed E-state index contributed by atoms with van der Waals surface area (Å²) in [5, 5.41) is 9.24. The van der Waals surface area contributed by atoms with E-state index in [0.29, 0.717) is 0 Å². The van der Waals surface area contributed by atoms with Crippen LogP contribution in [-0.2, 0) is 9.59 Å². The van der Waals surface area contributed by atoms with Gasteiger partial charge in [-0.15, -0.1) is 0 Å².